The van der Waals surface area contributed by atoms with Gasteiger partial charge in [-0.25, -0.2) is 4.79 Å². The van der Waals surface area contributed by atoms with E-state index in [9.17, 15) is 14.7 Å². The van der Waals surface area contributed by atoms with E-state index in [2.05, 4.69) is 4.98 Å². The first-order valence-electron chi connectivity index (χ1n) is 7.58. The van der Waals surface area contributed by atoms with E-state index >= 15 is 0 Å². The van der Waals surface area contributed by atoms with Gasteiger partial charge >= 0.3 is 25.0 Å². The van der Waals surface area contributed by atoms with Crippen molar-refractivity contribution in [3.63, 3.8) is 0 Å². The number of methoxy groups -OCH3 is 1. The molecule has 0 aliphatic rings. The molecule has 0 fully saturated rings. The Bertz CT molecular complexity index is 605. The van der Waals surface area contributed by atoms with Gasteiger partial charge in [0.25, 0.3) is 0 Å². The van der Waals surface area contributed by atoms with E-state index in [4.69, 9.17) is 19.3 Å². The zero-order valence-corrected chi connectivity index (χ0v) is 15.8. The number of carbonyl (C=O) groups excluding carboxylic acids is 2. The predicted molar refractivity (Wildman–Crippen MR) is 84.8 cm³/mol. The number of aromatic nitrogens is 1. The van der Waals surface area contributed by atoms with E-state index in [0.29, 0.717) is 5.56 Å². The van der Waals surface area contributed by atoms with Gasteiger partial charge in [-0.1, -0.05) is 0 Å². The van der Waals surface area contributed by atoms with Gasteiger partial charge in [-0.3, -0.25) is 4.98 Å². The first kappa shape index (κ1) is 24.2. The van der Waals surface area contributed by atoms with Crippen molar-refractivity contribution >= 4 is 12.1 Å². The molecule has 9 nitrogen and oxygen atoms in total. The monoisotopic (exact) mass is 362 g/mol. The maximum Gasteiger partial charge on any atom is 1.00 e. The van der Waals surface area contributed by atoms with Crippen LogP contribution in [-0.4, -0.2) is 59.7 Å². The standard InChI is InChI=1S/C16H24N2O7.Li/c1-16(2,3)25-15(22)18(5-6-19)9-11-7-12(24-10-23-4)13(14(20)21)17-8-11;/h7-8,19H,5-6,9-10H2,1-4H3,(H,20,21);/q;+1/p-1. The molecule has 0 atom stereocenters. The Morgan fingerprint density at radius 2 is 2.00 bits per heavy atom. The van der Waals surface area contributed by atoms with Crippen LogP contribution < -0.4 is 28.7 Å². The summed E-state index contributed by atoms with van der Waals surface area (Å²) in [4.78, 5) is 28.3. The number of ether oxygens (including phenoxy) is 3. The summed E-state index contributed by atoms with van der Waals surface area (Å²) >= 11 is 0. The summed E-state index contributed by atoms with van der Waals surface area (Å²) in [6, 6.07) is 1.42. The molecule has 1 aromatic heterocycles. The molecule has 0 unspecified atom stereocenters. The van der Waals surface area contributed by atoms with E-state index in [-0.39, 0.29) is 56.8 Å². The molecule has 26 heavy (non-hydrogen) atoms. The minimum absolute atomic E-state index is 0. The van der Waals surface area contributed by atoms with E-state index < -0.39 is 17.7 Å². The number of aliphatic hydroxyl groups excluding tert-OH is 1. The van der Waals surface area contributed by atoms with Crippen molar-refractivity contribution in [3.8, 4) is 5.75 Å². The number of aromatic carboxylic acids is 1. The molecule has 0 bridgehead atoms. The first-order valence-corrected chi connectivity index (χ1v) is 7.58. The van der Waals surface area contributed by atoms with Gasteiger partial charge in [0.15, 0.2) is 6.79 Å². The second-order valence-electron chi connectivity index (χ2n) is 6.15. The molecule has 140 valence electrons. The van der Waals surface area contributed by atoms with Crippen molar-refractivity contribution < 1.29 is 52.9 Å². The molecule has 0 spiro atoms. The fraction of sp³-hybridized carbons (Fsp3) is 0.562. The average Bonchev–Trinajstić information content (AvgIpc) is 2.50. The molecule has 0 saturated heterocycles. The maximum absolute atomic E-state index is 12.2. The van der Waals surface area contributed by atoms with Crippen LogP contribution >= 0.6 is 0 Å². The van der Waals surface area contributed by atoms with E-state index in [1.165, 1.54) is 24.3 Å². The summed E-state index contributed by atoms with van der Waals surface area (Å²) in [6.45, 7) is 4.87. The fourth-order valence-corrected chi connectivity index (χ4v) is 1.86. The van der Waals surface area contributed by atoms with E-state index in [1.807, 2.05) is 0 Å². The topological polar surface area (TPSA) is 121 Å². The van der Waals surface area contributed by atoms with Crippen LogP contribution in [0, 0.1) is 0 Å². The molecule has 1 heterocycles. The van der Waals surface area contributed by atoms with Gasteiger partial charge in [0.1, 0.15) is 17.0 Å². The normalized spacial score (nSPS) is 10.7. The van der Waals surface area contributed by atoms with Crippen LogP contribution in [0.3, 0.4) is 0 Å². The zero-order chi connectivity index (χ0) is 19.0. The number of carbonyl (C=O) groups is 2. The molecule has 10 heteroatoms. The van der Waals surface area contributed by atoms with Gasteiger partial charge in [0.05, 0.1) is 19.1 Å². The largest absolute Gasteiger partial charge is 1.00 e. The number of rotatable bonds is 8. The molecular formula is C16H23LiN2O7. The number of amides is 1. The van der Waals surface area contributed by atoms with Gasteiger partial charge in [-0.05, 0) is 32.4 Å². The van der Waals surface area contributed by atoms with Crippen LogP contribution in [0.15, 0.2) is 12.3 Å². The number of hydrogen-bond donors (Lipinski definition) is 1. The maximum atomic E-state index is 12.2. The molecule has 1 amide bonds. The Morgan fingerprint density at radius 1 is 1.35 bits per heavy atom. The third-order valence-corrected chi connectivity index (χ3v) is 2.83. The van der Waals surface area contributed by atoms with E-state index in [0.717, 1.165) is 0 Å². The van der Waals surface area contributed by atoms with Crippen molar-refractivity contribution in [3.05, 3.63) is 23.5 Å². The third kappa shape index (κ3) is 8.06. The zero-order valence-electron chi connectivity index (χ0n) is 15.8. The SMILES string of the molecule is COCOc1cc(CN(CCO)C(=O)OC(C)(C)C)cnc1C(=O)[O-].[Li+]. The molecular weight excluding hydrogens is 339 g/mol. The molecule has 0 saturated carbocycles. The van der Waals surface area contributed by atoms with Crippen LogP contribution in [0.5, 0.6) is 5.75 Å². The van der Waals surface area contributed by atoms with Crippen molar-refractivity contribution in [1.29, 1.82) is 0 Å². The smallest absolute Gasteiger partial charge is 0.543 e. The number of carboxylic acid groups (broad SMARTS) is 1. The van der Waals surface area contributed by atoms with Crippen molar-refractivity contribution in [2.24, 2.45) is 0 Å². The Labute approximate surface area is 164 Å². The summed E-state index contributed by atoms with van der Waals surface area (Å²) in [7, 11) is 1.39. The summed E-state index contributed by atoms with van der Waals surface area (Å²) in [5.74, 6) is -1.52. The molecule has 0 aromatic carbocycles. The number of aliphatic hydroxyl groups is 1. The third-order valence-electron chi connectivity index (χ3n) is 2.83. The van der Waals surface area contributed by atoms with Crippen molar-refractivity contribution in [2.45, 2.75) is 32.9 Å². The molecule has 1 aromatic rings. The number of hydrogen-bond acceptors (Lipinski definition) is 8. The van der Waals surface area contributed by atoms with Gasteiger partial charge in [0.2, 0.25) is 0 Å². The van der Waals surface area contributed by atoms with Crippen LogP contribution in [0.25, 0.3) is 0 Å². The minimum atomic E-state index is -1.49. The number of pyridine rings is 1. The Morgan fingerprint density at radius 3 is 2.50 bits per heavy atom. The van der Waals surface area contributed by atoms with Crippen molar-refractivity contribution in [1.82, 2.24) is 9.88 Å². The second kappa shape index (κ2) is 11.0. The fourth-order valence-electron chi connectivity index (χ4n) is 1.86. The predicted octanol–water partition coefficient (Wildman–Crippen LogP) is -2.84. The van der Waals surface area contributed by atoms with Crippen LogP contribution in [0.2, 0.25) is 0 Å². The van der Waals surface area contributed by atoms with Crippen LogP contribution in [0.1, 0.15) is 36.8 Å². The Balaban J connectivity index is 0.00000625. The van der Waals surface area contributed by atoms with Gasteiger partial charge in [-0.2, -0.15) is 0 Å². The number of nitrogens with zero attached hydrogens (tertiary/aromatic N) is 2. The van der Waals surface area contributed by atoms with Gasteiger partial charge in [-0.15, -0.1) is 0 Å². The molecule has 0 radical (unpaired) electrons. The summed E-state index contributed by atoms with van der Waals surface area (Å²) in [5.41, 5.74) is -0.559. The Kier molecular flexibility index (Phi) is 10.3. The van der Waals surface area contributed by atoms with Crippen LogP contribution in [-0.2, 0) is 16.0 Å². The number of carboxylic acids is 1. The molecule has 1 rings (SSSR count). The van der Waals surface area contributed by atoms with Gasteiger partial charge in [0, 0.05) is 19.9 Å². The minimum Gasteiger partial charge on any atom is -0.543 e. The quantitative estimate of drug-likeness (QED) is 0.388. The molecule has 0 aliphatic heterocycles. The summed E-state index contributed by atoms with van der Waals surface area (Å²) < 4.78 is 15.2. The first-order chi connectivity index (χ1) is 11.7. The summed E-state index contributed by atoms with van der Waals surface area (Å²) in [6.07, 6.45) is 0.685. The summed E-state index contributed by atoms with van der Waals surface area (Å²) in [5, 5.41) is 20.2. The average molecular weight is 362 g/mol. The Hall–Kier alpha value is -1.79. The molecule has 1 N–H and O–H groups in total. The van der Waals surface area contributed by atoms with Crippen LogP contribution in [0.4, 0.5) is 4.79 Å². The van der Waals surface area contributed by atoms with Crippen molar-refractivity contribution in [2.75, 3.05) is 27.1 Å². The van der Waals surface area contributed by atoms with E-state index in [1.54, 1.807) is 20.8 Å². The second-order valence-corrected chi connectivity index (χ2v) is 6.15. The van der Waals surface area contributed by atoms with Gasteiger partial charge < -0.3 is 34.1 Å². The molecule has 0 aliphatic carbocycles.